The molecule has 0 atom stereocenters. The predicted octanol–water partition coefficient (Wildman–Crippen LogP) is 0.985. The van der Waals surface area contributed by atoms with Gasteiger partial charge in [-0.2, -0.15) is 0 Å². The zero-order chi connectivity index (χ0) is 5.28. The molecule has 0 saturated carbocycles. The fourth-order valence-corrected chi connectivity index (χ4v) is 0.622. The minimum Gasteiger partial charge on any atom is -0.491 e. The topological polar surface area (TPSA) is 46.3 Å². The fourth-order valence-electron chi connectivity index (χ4n) is 0.245. The molecule has 0 unspecified atom stereocenters. The molecule has 0 spiro atoms. The first-order chi connectivity index (χ1) is 3.29. The van der Waals surface area contributed by atoms with E-state index in [1.807, 2.05) is 22.6 Å². The summed E-state index contributed by atoms with van der Waals surface area (Å²) in [6.07, 6.45) is 0. The summed E-state index contributed by atoms with van der Waals surface area (Å²) in [7, 11) is 0. The number of nitrogens with zero attached hydrogens (tertiary/aromatic N) is 1. The van der Waals surface area contributed by atoms with E-state index in [1.165, 1.54) is 6.07 Å². The van der Waals surface area contributed by atoms with Crippen molar-refractivity contribution < 1.29 is 9.63 Å². The molecular formula is C3H2INO2. The van der Waals surface area contributed by atoms with Crippen LogP contribution in [-0.4, -0.2) is 10.3 Å². The average molecular weight is 211 g/mol. The molecule has 1 aromatic rings. The summed E-state index contributed by atoms with van der Waals surface area (Å²) in [4.78, 5) is 0. The SMILES string of the molecule is Oc1cc(I)on1. The fraction of sp³-hybridized carbons (Fsp3) is 0. The predicted molar refractivity (Wildman–Crippen MR) is 30.9 cm³/mol. The van der Waals surface area contributed by atoms with Crippen LogP contribution < -0.4 is 0 Å². The molecule has 0 fully saturated rings. The monoisotopic (exact) mass is 211 g/mol. The summed E-state index contributed by atoms with van der Waals surface area (Å²) in [6, 6.07) is 1.43. The molecule has 0 aliphatic carbocycles. The van der Waals surface area contributed by atoms with Crippen LogP contribution in [0.1, 0.15) is 0 Å². The van der Waals surface area contributed by atoms with Crippen molar-refractivity contribution in [3.8, 4) is 5.88 Å². The van der Waals surface area contributed by atoms with Gasteiger partial charge in [0.1, 0.15) is 0 Å². The summed E-state index contributed by atoms with van der Waals surface area (Å²) in [5.74, 6) is -0.0654. The molecule has 1 aromatic heterocycles. The van der Waals surface area contributed by atoms with E-state index in [0.717, 1.165) is 0 Å². The Morgan fingerprint density at radius 3 is 2.71 bits per heavy atom. The zero-order valence-electron chi connectivity index (χ0n) is 3.26. The van der Waals surface area contributed by atoms with Gasteiger partial charge in [0.25, 0.3) is 5.88 Å². The van der Waals surface area contributed by atoms with Crippen molar-refractivity contribution in [2.75, 3.05) is 0 Å². The number of hydrogen-bond acceptors (Lipinski definition) is 3. The van der Waals surface area contributed by atoms with Crippen LogP contribution in [0.4, 0.5) is 0 Å². The highest BCUT2D eigenvalue weighted by molar-refractivity contribution is 14.1. The second-order valence-electron chi connectivity index (χ2n) is 0.989. The number of rotatable bonds is 0. The van der Waals surface area contributed by atoms with Crippen molar-refractivity contribution in [3.05, 3.63) is 9.83 Å². The molecule has 7 heavy (non-hydrogen) atoms. The zero-order valence-corrected chi connectivity index (χ0v) is 5.42. The highest BCUT2D eigenvalue weighted by atomic mass is 127. The van der Waals surface area contributed by atoms with Crippen molar-refractivity contribution >= 4 is 22.6 Å². The first-order valence-corrected chi connectivity index (χ1v) is 2.68. The van der Waals surface area contributed by atoms with Crippen molar-refractivity contribution in [1.29, 1.82) is 0 Å². The smallest absolute Gasteiger partial charge is 0.252 e. The number of halogens is 1. The number of hydrogen-bond donors (Lipinski definition) is 1. The Hall–Kier alpha value is -0.260. The molecule has 0 radical (unpaired) electrons. The Labute approximate surface area is 53.5 Å². The van der Waals surface area contributed by atoms with Crippen LogP contribution in [0.25, 0.3) is 0 Å². The molecule has 1 rings (SSSR count). The molecule has 4 heteroatoms. The van der Waals surface area contributed by atoms with Gasteiger partial charge in [0.2, 0.25) is 0 Å². The summed E-state index contributed by atoms with van der Waals surface area (Å²) in [6.45, 7) is 0. The van der Waals surface area contributed by atoms with E-state index >= 15 is 0 Å². The third-order valence-electron chi connectivity index (χ3n) is 0.469. The minimum atomic E-state index is -0.0654. The lowest BCUT2D eigenvalue weighted by Gasteiger charge is -1.63. The lowest BCUT2D eigenvalue weighted by Crippen LogP contribution is -1.51. The third kappa shape index (κ3) is 1.05. The van der Waals surface area contributed by atoms with Crippen LogP contribution in [0.3, 0.4) is 0 Å². The standard InChI is InChI=1S/C3H2INO2/c4-2-1-3(6)5-7-2/h1H,(H,5,6). The Bertz CT molecular complexity index is 145. The molecule has 0 aromatic carbocycles. The average Bonchev–Trinajstić information content (AvgIpc) is 1.87. The van der Waals surface area contributed by atoms with Crippen molar-refractivity contribution in [2.45, 2.75) is 0 Å². The molecule has 0 bridgehead atoms. The summed E-state index contributed by atoms with van der Waals surface area (Å²) >= 11 is 1.91. The Balaban J connectivity index is 3.04. The molecule has 0 aliphatic rings. The number of aromatic nitrogens is 1. The van der Waals surface area contributed by atoms with Crippen molar-refractivity contribution in [2.24, 2.45) is 0 Å². The van der Waals surface area contributed by atoms with E-state index in [4.69, 9.17) is 5.11 Å². The highest BCUT2D eigenvalue weighted by Crippen LogP contribution is 2.09. The van der Waals surface area contributed by atoms with Gasteiger partial charge in [0.05, 0.1) is 6.07 Å². The Morgan fingerprint density at radius 2 is 2.57 bits per heavy atom. The molecule has 1 heterocycles. The first kappa shape index (κ1) is 4.89. The van der Waals surface area contributed by atoms with Crippen LogP contribution in [0.2, 0.25) is 0 Å². The van der Waals surface area contributed by atoms with Crippen LogP contribution in [0.15, 0.2) is 10.6 Å². The molecule has 0 saturated heterocycles. The lowest BCUT2D eigenvalue weighted by molar-refractivity contribution is 0.348. The van der Waals surface area contributed by atoms with Gasteiger partial charge in [0.15, 0.2) is 3.77 Å². The maximum absolute atomic E-state index is 8.44. The summed E-state index contributed by atoms with van der Waals surface area (Å²) in [5.41, 5.74) is 0. The molecular weight excluding hydrogens is 209 g/mol. The summed E-state index contributed by atoms with van der Waals surface area (Å²) in [5, 5.41) is 11.6. The second kappa shape index (κ2) is 1.69. The molecule has 3 nitrogen and oxygen atoms in total. The molecule has 0 amide bonds. The van der Waals surface area contributed by atoms with Crippen molar-refractivity contribution in [1.82, 2.24) is 5.16 Å². The van der Waals surface area contributed by atoms with Gasteiger partial charge in [-0.05, 0) is 5.16 Å². The van der Waals surface area contributed by atoms with Gasteiger partial charge in [-0.15, -0.1) is 0 Å². The van der Waals surface area contributed by atoms with Gasteiger partial charge in [-0.25, -0.2) is 0 Å². The quantitative estimate of drug-likeness (QED) is 0.650. The Kier molecular flexibility index (Phi) is 1.18. The van der Waals surface area contributed by atoms with Gasteiger partial charge in [0, 0.05) is 22.6 Å². The lowest BCUT2D eigenvalue weighted by atomic mass is 10.7. The van der Waals surface area contributed by atoms with Crippen LogP contribution in [-0.2, 0) is 0 Å². The van der Waals surface area contributed by atoms with Gasteiger partial charge in [-0.3, -0.25) is 0 Å². The van der Waals surface area contributed by atoms with E-state index < -0.39 is 0 Å². The van der Waals surface area contributed by atoms with Gasteiger partial charge in [-0.1, -0.05) is 0 Å². The molecule has 1 N–H and O–H groups in total. The summed E-state index contributed by atoms with van der Waals surface area (Å²) < 4.78 is 5.04. The first-order valence-electron chi connectivity index (χ1n) is 1.60. The van der Waals surface area contributed by atoms with Gasteiger partial charge < -0.3 is 9.63 Å². The van der Waals surface area contributed by atoms with E-state index in [2.05, 4.69) is 9.68 Å². The minimum absolute atomic E-state index is 0.0654. The van der Waals surface area contributed by atoms with E-state index in [1.54, 1.807) is 0 Å². The van der Waals surface area contributed by atoms with E-state index in [-0.39, 0.29) is 5.88 Å². The molecule has 38 valence electrons. The number of aromatic hydroxyl groups is 1. The second-order valence-corrected chi connectivity index (χ2v) is 2.05. The van der Waals surface area contributed by atoms with E-state index in [0.29, 0.717) is 3.77 Å². The van der Waals surface area contributed by atoms with Crippen LogP contribution in [0, 0.1) is 3.77 Å². The van der Waals surface area contributed by atoms with Crippen molar-refractivity contribution in [3.63, 3.8) is 0 Å². The maximum Gasteiger partial charge on any atom is 0.252 e. The van der Waals surface area contributed by atoms with E-state index in [9.17, 15) is 0 Å². The van der Waals surface area contributed by atoms with Crippen LogP contribution in [0.5, 0.6) is 5.88 Å². The normalized spacial score (nSPS) is 9.29. The Morgan fingerprint density at radius 1 is 1.86 bits per heavy atom. The maximum atomic E-state index is 8.44. The highest BCUT2D eigenvalue weighted by Gasteiger charge is 1.93. The van der Waals surface area contributed by atoms with Crippen LogP contribution >= 0.6 is 22.6 Å². The molecule has 0 aliphatic heterocycles. The largest absolute Gasteiger partial charge is 0.491 e. The third-order valence-corrected chi connectivity index (χ3v) is 0.977. The van der Waals surface area contributed by atoms with Gasteiger partial charge >= 0.3 is 0 Å².